The number of thiazole rings is 2. The van der Waals surface area contributed by atoms with Crippen LogP contribution in [0, 0.1) is 6.92 Å². The number of aromatic nitrogens is 2. The third kappa shape index (κ3) is 3.06. The van der Waals surface area contributed by atoms with E-state index < -0.39 is 0 Å². The van der Waals surface area contributed by atoms with Crippen LogP contribution in [-0.2, 0) is 0 Å². The van der Waals surface area contributed by atoms with Gasteiger partial charge in [-0.05, 0) is 37.4 Å². The van der Waals surface area contributed by atoms with Crippen LogP contribution in [0.1, 0.15) is 33.3 Å². The molecule has 0 saturated heterocycles. The lowest BCUT2D eigenvalue weighted by atomic mass is 10.2. The molecule has 0 bridgehead atoms. The van der Waals surface area contributed by atoms with Crippen LogP contribution in [0.3, 0.4) is 0 Å². The fourth-order valence-corrected chi connectivity index (χ4v) is 5.50. The number of para-hydroxylation sites is 1. The molecule has 1 aromatic carbocycles. The number of benzene rings is 1. The first-order valence-corrected chi connectivity index (χ1v) is 10.7. The normalized spacial score (nSPS) is 12.4. The molecule has 3 aromatic heterocycles. The third-order valence-corrected chi connectivity index (χ3v) is 7.41. The van der Waals surface area contributed by atoms with Crippen molar-refractivity contribution in [3.05, 3.63) is 56.7 Å². The van der Waals surface area contributed by atoms with Crippen LogP contribution in [0.25, 0.3) is 20.8 Å². The number of hydrogen-bond donors (Lipinski definition) is 0. The fourth-order valence-electron chi connectivity index (χ4n) is 2.67. The standard InChI is InChI=1S/C19H17N3OS3/c1-11-16(26-18(20-11)13-8-9-24-10-13)19(23)22(3)12(2)17-21-14-6-4-5-7-15(14)25-17/h4-10,12H,1-3H3/t12-/m0/s1. The number of aryl methyl sites for hydroxylation is 1. The van der Waals surface area contributed by atoms with Crippen LogP contribution >= 0.6 is 34.0 Å². The lowest BCUT2D eigenvalue weighted by molar-refractivity contribution is 0.0746. The van der Waals surface area contributed by atoms with E-state index in [-0.39, 0.29) is 11.9 Å². The van der Waals surface area contributed by atoms with Crippen LogP contribution in [0.2, 0.25) is 0 Å². The smallest absolute Gasteiger partial charge is 0.266 e. The van der Waals surface area contributed by atoms with E-state index in [0.29, 0.717) is 4.88 Å². The van der Waals surface area contributed by atoms with E-state index >= 15 is 0 Å². The van der Waals surface area contributed by atoms with Crippen molar-refractivity contribution >= 4 is 50.1 Å². The van der Waals surface area contributed by atoms with Crippen LogP contribution in [0.5, 0.6) is 0 Å². The number of nitrogens with zero attached hydrogens (tertiary/aromatic N) is 3. The minimum Gasteiger partial charge on any atom is -0.332 e. The largest absolute Gasteiger partial charge is 0.332 e. The van der Waals surface area contributed by atoms with Crippen molar-refractivity contribution in [2.24, 2.45) is 0 Å². The summed E-state index contributed by atoms with van der Waals surface area (Å²) in [4.78, 5) is 24.8. The molecule has 132 valence electrons. The zero-order chi connectivity index (χ0) is 18.3. The number of rotatable bonds is 4. The quantitative estimate of drug-likeness (QED) is 0.447. The number of amides is 1. The van der Waals surface area contributed by atoms with Crippen LogP contribution in [0.15, 0.2) is 41.1 Å². The molecule has 1 atom stereocenters. The van der Waals surface area contributed by atoms with Crippen molar-refractivity contribution < 1.29 is 4.79 Å². The highest BCUT2D eigenvalue weighted by atomic mass is 32.1. The van der Waals surface area contributed by atoms with Crippen LogP contribution in [0.4, 0.5) is 0 Å². The molecule has 0 spiro atoms. The first-order valence-electron chi connectivity index (χ1n) is 8.17. The molecule has 0 aliphatic carbocycles. The molecule has 3 heterocycles. The lowest BCUT2D eigenvalue weighted by Gasteiger charge is -2.22. The molecule has 0 fully saturated rings. The van der Waals surface area contributed by atoms with E-state index in [2.05, 4.69) is 16.4 Å². The Morgan fingerprint density at radius 3 is 2.69 bits per heavy atom. The van der Waals surface area contributed by atoms with Gasteiger partial charge in [0.1, 0.15) is 14.9 Å². The van der Waals surface area contributed by atoms with Gasteiger partial charge in [0.15, 0.2) is 0 Å². The monoisotopic (exact) mass is 399 g/mol. The molecule has 0 N–H and O–H groups in total. The fraction of sp³-hybridized carbons (Fsp3) is 0.211. The summed E-state index contributed by atoms with van der Waals surface area (Å²) in [6.07, 6.45) is 0. The van der Waals surface area contributed by atoms with Gasteiger partial charge in [-0.2, -0.15) is 11.3 Å². The molecule has 0 aliphatic rings. The number of carbonyl (C=O) groups is 1. The summed E-state index contributed by atoms with van der Waals surface area (Å²) in [5.74, 6) is -0.00626. The van der Waals surface area contributed by atoms with Gasteiger partial charge < -0.3 is 4.90 Å². The van der Waals surface area contributed by atoms with Gasteiger partial charge in [0.05, 0.1) is 22.0 Å². The topological polar surface area (TPSA) is 46.1 Å². The highest BCUT2D eigenvalue weighted by Crippen LogP contribution is 2.33. The van der Waals surface area contributed by atoms with Crippen molar-refractivity contribution in [1.82, 2.24) is 14.9 Å². The maximum Gasteiger partial charge on any atom is 0.266 e. The van der Waals surface area contributed by atoms with Gasteiger partial charge in [0.25, 0.3) is 5.91 Å². The highest BCUT2D eigenvalue weighted by molar-refractivity contribution is 7.18. The predicted molar refractivity (Wildman–Crippen MR) is 110 cm³/mol. The van der Waals surface area contributed by atoms with Crippen molar-refractivity contribution in [2.45, 2.75) is 19.9 Å². The second kappa shape index (κ2) is 6.90. The summed E-state index contributed by atoms with van der Waals surface area (Å²) in [6, 6.07) is 10.0. The first-order chi connectivity index (χ1) is 12.5. The average molecular weight is 400 g/mol. The Labute approximate surface area is 163 Å². The molecule has 1 amide bonds. The van der Waals surface area contributed by atoms with Gasteiger partial charge in [-0.3, -0.25) is 4.79 Å². The molecular weight excluding hydrogens is 382 g/mol. The maximum atomic E-state index is 13.1. The lowest BCUT2D eigenvalue weighted by Crippen LogP contribution is -2.29. The van der Waals surface area contributed by atoms with E-state index in [0.717, 1.165) is 31.5 Å². The molecule has 0 unspecified atom stereocenters. The van der Waals surface area contributed by atoms with Crippen molar-refractivity contribution in [2.75, 3.05) is 7.05 Å². The Bertz CT molecular complexity index is 1030. The Hall–Kier alpha value is -2.09. The summed E-state index contributed by atoms with van der Waals surface area (Å²) in [7, 11) is 1.84. The Balaban J connectivity index is 1.61. The van der Waals surface area contributed by atoms with Gasteiger partial charge in [-0.1, -0.05) is 12.1 Å². The van der Waals surface area contributed by atoms with E-state index in [1.807, 2.05) is 50.5 Å². The van der Waals surface area contributed by atoms with Crippen molar-refractivity contribution in [3.8, 4) is 10.6 Å². The molecule has 0 aliphatic heterocycles. The highest BCUT2D eigenvalue weighted by Gasteiger charge is 2.25. The summed E-state index contributed by atoms with van der Waals surface area (Å²) in [5, 5.41) is 5.92. The maximum absolute atomic E-state index is 13.1. The van der Waals surface area contributed by atoms with Gasteiger partial charge in [0.2, 0.25) is 0 Å². The summed E-state index contributed by atoms with van der Waals surface area (Å²) in [6.45, 7) is 3.92. The zero-order valence-electron chi connectivity index (χ0n) is 14.6. The van der Waals surface area contributed by atoms with Gasteiger partial charge in [0, 0.05) is 18.0 Å². The molecule has 4 aromatic rings. The molecule has 0 saturated carbocycles. The van der Waals surface area contributed by atoms with Crippen molar-refractivity contribution in [1.29, 1.82) is 0 Å². The van der Waals surface area contributed by atoms with E-state index in [1.165, 1.54) is 11.3 Å². The Kier molecular flexibility index (Phi) is 4.60. The average Bonchev–Trinajstić information content (AvgIpc) is 3.38. The molecule has 26 heavy (non-hydrogen) atoms. The van der Waals surface area contributed by atoms with E-state index in [9.17, 15) is 4.79 Å². The molecule has 4 nitrogen and oxygen atoms in total. The summed E-state index contributed by atoms with van der Waals surface area (Å²) < 4.78 is 1.14. The molecule has 4 rings (SSSR count). The summed E-state index contributed by atoms with van der Waals surface area (Å²) in [5.41, 5.74) is 2.84. The predicted octanol–water partition coefficient (Wildman–Crippen LogP) is 5.62. The first kappa shape index (κ1) is 17.3. The van der Waals surface area contributed by atoms with Gasteiger partial charge in [-0.25, -0.2) is 9.97 Å². The number of fused-ring (bicyclic) bond motifs is 1. The number of hydrogen-bond acceptors (Lipinski definition) is 6. The summed E-state index contributed by atoms with van der Waals surface area (Å²) >= 11 is 4.73. The Morgan fingerprint density at radius 2 is 1.96 bits per heavy atom. The number of thiophene rings is 1. The third-order valence-electron chi connectivity index (χ3n) is 4.33. The van der Waals surface area contributed by atoms with Crippen LogP contribution in [-0.4, -0.2) is 27.8 Å². The van der Waals surface area contributed by atoms with Crippen LogP contribution < -0.4 is 0 Å². The van der Waals surface area contributed by atoms with E-state index in [1.54, 1.807) is 27.6 Å². The Morgan fingerprint density at radius 1 is 1.15 bits per heavy atom. The minimum absolute atomic E-state index is 0.00626. The SMILES string of the molecule is Cc1nc(-c2ccsc2)sc1C(=O)N(C)[C@@H](C)c1nc2ccccc2s1. The molecule has 0 radical (unpaired) electrons. The van der Waals surface area contributed by atoms with Gasteiger partial charge >= 0.3 is 0 Å². The zero-order valence-corrected chi connectivity index (χ0v) is 17.0. The second-order valence-corrected chi connectivity index (χ2v) is 8.90. The van der Waals surface area contributed by atoms with Crippen molar-refractivity contribution in [3.63, 3.8) is 0 Å². The van der Waals surface area contributed by atoms with E-state index in [4.69, 9.17) is 4.98 Å². The second-order valence-electron chi connectivity index (χ2n) is 6.06. The molecular formula is C19H17N3OS3. The molecule has 7 heteroatoms. The van der Waals surface area contributed by atoms with Gasteiger partial charge in [-0.15, -0.1) is 22.7 Å². The minimum atomic E-state index is -0.0917. The number of carbonyl (C=O) groups excluding carboxylic acids is 1.